The second kappa shape index (κ2) is 9.93. The molecule has 1 saturated heterocycles. The third-order valence-electron chi connectivity index (χ3n) is 4.73. The van der Waals surface area contributed by atoms with Crippen LogP contribution in [0.3, 0.4) is 0 Å². The van der Waals surface area contributed by atoms with Crippen molar-refractivity contribution >= 4 is 44.9 Å². The summed E-state index contributed by atoms with van der Waals surface area (Å²) >= 11 is 6.88. The normalized spacial score (nSPS) is 17.2. The second-order valence-corrected chi connectivity index (χ2v) is 10.1. The minimum Gasteiger partial charge on any atom is -0.355 e. The number of hydrogen-bond acceptors (Lipinski definition) is 4. The second-order valence-electron chi connectivity index (χ2n) is 6.76. The van der Waals surface area contributed by atoms with Crippen LogP contribution >= 0.6 is 39.0 Å². The number of halogens is 1. The highest BCUT2D eigenvalue weighted by Gasteiger charge is 2.21. The van der Waals surface area contributed by atoms with E-state index in [0.29, 0.717) is 5.92 Å². The maximum absolute atomic E-state index is 12.4. The van der Waals surface area contributed by atoms with Crippen molar-refractivity contribution in [3.8, 4) is 0 Å². The van der Waals surface area contributed by atoms with E-state index in [9.17, 15) is 4.79 Å². The van der Waals surface area contributed by atoms with Crippen molar-refractivity contribution in [3.05, 3.63) is 51.1 Å². The highest BCUT2D eigenvalue weighted by molar-refractivity contribution is 9.10. The van der Waals surface area contributed by atoms with Gasteiger partial charge in [-0.25, -0.2) is 0 Å². The highest BCUT2D eigenvalue weighted by atomic mass is 79.9. The summed E-state index contributed by atoms with van der Waals surface area (Å²) in [7, 11) is 0. The Morgan fingerprint density at radius 3 is 2.69 bits per heavy atom. The van der Waals surface area contributed by atoms with Crippen molar-refractivity contribution in [2.24, 2.45) is 5.92 Å². The van der Waals surface area contributed by atoms with Gasteiger partial charge in [-0.1, -0.05) is 22.0 Å². The molecule has 0 aliphatic carbocycles. The van der Waals surface area contributed by atoms with E-state index in [-0.39, 0.29) is 11.2 Å². The molecule has 1 aliphatic rings. The summed E-state index contributed by atoms with van der Waals surface area (Å²) in [6, 6.07) is 12.4. The summed E-state index contributed by atoms with van der Waals surface area (Å²) in [6.45, 7) is 6.10. The minimum atomic E-state index is -0.0740. The lowest BCUT2D eigenvalue weighted by molar-refractivity contribution is -0.120. The number of likely N-dealkylation sites (tertiary alicyclic amines) is 1. The number of nitrogens with zero attached hydrogens (tertiary/aromatic N) is 1. The Hall–Kier alpha value is -0.820. The van der Waals surface area contributed by atoms with Gasteiger partial charge in [0.05, 0.1) is 5.25 Å². The molecule has 0 saturated carbocycles. The van der Waals surface area contributed by atoms with Gasteiger partial charge in [0.15, 0.2) is 0 Å². The van der Waals surface area contributed by atoms with Gasteiger partial charge in [0.1, 0.15) is 0 Å². The lowest BCUT2D eigenvalue weighted by Gasteiger charge is -2.31. The fraction of sp³-hybridized carbons (Fsp3) is 0.450. The van der Waals surface area contributed by atoms with Crippen molar-refractivity contribution in [1.82, 2.24) is 10.2 Å². The molecule has 3 rings (SSSR count). The number of hydrogen-bond donors (Lipinski definition) is 1. The van der Waals surface area contributed by atoms with Crippen molar-refractivity contribution in [2.75, 3.05) is 19.6 Å². The molecule has 2 aromatic rings. The van der Waals surface area contributed by atoms with Crippen LogP contribution < -0.4 is 5.32 Å². The summed E-state index contributed by atoms with van der Waals surface area (Å²) in [6.07, 6.45) is 2.33. The molecule has 1 unspecified atom stereocenters. The van der Waals surface area contributed by atoms with Crippen molar-refractivity contribution in [2.45, 2.75) is 36.5 Å². The molecule has 26 heavy (non-hydrogen) atoms. The lowest BCUT2D eigenvalue weighted by Crippen LogP contribution is -2.40. The number of nitrogens with one attached hydrogen (secondary N) is 1. The van der Waals surface area contributed by atoms with Gasteiger partial charge in [0.25, 0.3) is 0 Å². The van der Waals surface area contributed by atoms with Crippen LogP contribution in [0.15, 0.2) is 51.1 Å². The summed E-state index contributed by atoms with van der Waals surface area (Å²) in [4.78, 5) is 17.5. The fourth-order valence-corrected chi connectivity index (χ4v) is 5.03. The Balaban J connectivity index is 1.36. The van der Waals surface area contributed by atoms with E-state index in [2.05, 4.69) is 43.7 Å². The molecule has 1 aromatic heterocycles. The smallest absolute Gasteiger partial charge is 0.233 e. The molecule has 1 amide bonds. The Labute approximate surface area is 172 Å². The third kappa shape index (κ3) is 6.12. The van der Waals surface area contributed by atoms with Crippen molar-refractivity contribution in [3.63, 3.8) is 0 Å². The topological polar surface area (TPSA) is 32.3 Å². The predicted octanol–water partition coefficient (Wildman–Crippen LogP) is 5.02. The molecule has 1 atom stereocenters. The predicted molar refractivity (Wildman–Crippen MR) is 115 cm³/mol. The van der Waals surface area contributed by atoms with E-state index in [4.69, 9.17) is 0 Å². The van der Waals surface area contributed by atoms with Gasteiger partial charge < -0.3 is 5.32 Å². The monoisotopic (exact) mass is 452 g/mol. The van der Waals surface area contributed by atoms with Gasteiger partial charge in [0, 0.05) is 27.3 Å². The zero-order valence-electron chi connectivity index (χ0n) is 15.0. The standard InChI is InChI=1S/C20H25BrN2OS2/c1-15(26-18-6-4-17(21)5-7-18)20(24)22-13-16-8-10-23(11-9-16)14-19-3-2-12-25-19/h2-7,12,15-16H,8-11,13-14H2,1H3,(H,22,24). The molecule has 0 bridgehead atoms. The third-order valence-corrected chi connectivity index (χ3v) is 7.23. The van der Waals surface area contributed by atoms with Gasteiger partial charge in [0.2, 0.25) is 5.91 Å². The zero-order chi connectivity index (χ0) is 18.4. The van der Waals surface area contributed by atoms with Gasteiger partial charge in [-0.15, -0.1) is 23.1 Å². The summed E-state index contributed by atoms with van der Waals surface area (Å²) in [5, 5.41) is 5.23. The van der Waals surface area contributed by atoms with Gasteiger partial charge in [-0.05, 0) is 74.5 Å². The molecule has 0 radical (unpaired) electrons. The van der Waals surface area contributed by atoms with E-state index in [1.165, 1.54) is 17.7 Å². The molecule has 1 fully saturated rings. The number of thioether (sulfide) groups is 1. The van der Waals surface area contributed by atoms with Crippen LogP contribution in [-0.2, 0) is 11.3 Å². The van der Waals surface area contributed by atoms with Gasteiger partial charge in [-0.2, -0.15) is 0 Å². The Morgan fingerprint density at radius 1 is 1.31 bits per heavy atom. The molecule has 2 heterocycles. The molecule has 140 valence electrons. The highest BCUT2D eigenvalue weighted by Crippen LogP contribution is 2.25. The molecular weight excluding hydrogens is 428 g/mol. The number of carbonyl (C=O) groups excluding carboxylic acids is 1. The summed E-state index contributed by atoms with van der Waals surface area (Å²) < 4.78 is 1.06. The summed E-state index contributed by atoms with van der Waals surface area (Å²) in [5.74, 6) is 0.738. The number of benzene rings is 1. The van der Waals surface area contributed by atoms with Crippen LogP contribution in [0.25, 0.3) is 0 Å². The molecule has 1 aliphatic heterocycles. The SMILES string of the molecule is CC(Sc1ccc(Br)cc1)C(=O)NCC1CCN(Cc2cccs2)CC1. The maximum atomic E-state index is 12.4. The Kier molecular flexibility index (Phi) is 7.61. The first-order chi connectivity index (χ1) is 12.6. The zero-order valence-corrected chi connectivity index (χ0v) is 18.2. The molecule has 6 heteroatoms. The van der Waals surface area contributed by atoms with Crippen LogP contribution in [0.1, 0.15) is 24.6 Å². The molecule has 0 spiro atoms. The van der Waals surface area contributed by atoms with E-state index in [0.717, 1.165) is 35.5 Å². The van der Waals surface area contributed by atoms with Crippen LogP contribution in [0.2, 0.25) is 0 Å². The Bertz CT molecular complexity index is 682. The van der Waals surface area contributed by atoms with Crippen LogP contribution in [0.5, 0.6) is 0 Å². The minimum absolute atomic E-state index is 0.0740. The fourth-order valence-electron chi connectivity index (χ4n) is 3.13. The first kappa shape index (κ1) is 19.9. The Morgan fingerprint density at radius 2 is 2.04 bits per heavy atom. The van der Waals surface area contributed by atoms with Gasteiger partial charge in [-0.3, -0.25) is 9.69 Å². The molecule has 1 N–H and O–H groups in total. The summed E-state index contributed by atoms with van der Waals surface area (Å²) in [5.41, 5.74) is 0. The molecule has 1 aromatic carbocycles. The molecular formula is C20H25BrN2OS2. The molecule has 3 nitrogen and oxygen atoms in total. The van der Waals surface area contributed by atoms with E-state index in [1.54, 1.807) is 11.8 Å². The van der Waals surface area contributed by atoms with Crippen LogP contribution in [0, 0.1) is 5.92 Å². The van der Waals surface area contributed by atoms with Crippen molar-refractivity contribution in [1.29, 1.82) is 0 Å². The average molecular weight is 453 g/mol. The van der Waals surface area contributed by atoms with Gasteiger partial charge >= 0.3 is 0 Å². The number of amides is 1. The average Bonchev–Trinajstić information content (AvgIpc) is 3.16. The number of rotatable bonds is 7. The quantitative estimate of drug-likeness (QED) is 0.598. The number of carbonyl (C=O) groups is 1. The van der Waals surface area contributed by atoms with E-state index in [1.807, 2.05) is 42.5 Å². The number of thiophene rings is 1. The first-order valence-electron chi connectivity index (χ1n) is 9.05. The lowest BCUT2D eigenvalue weighted by atomic mass is 9.96. The van der Waals surface area contributed by atoms with Crippen molar-refractivity contribution < 1.29 is 4.79 Å². The van der Waals surface area contributed by atoms with Crippen LogP contribution in [0.4, 0.5) is 0 Å². The van der Waals surface area contributed by atoms with E-state index < -0.39 is 0 Å². The van der Waals surface area contributed by atoms with E-state index >= 15 is 0 Å². The van der Waals surface area contributed by atoms with Crippen LogP contribution in [-0.4, -0.2) is 35.7 Å². The number of piperidine rings is 1. The maximum Gasteiger partial charge on any atom is 0.233 e. The first-order valence-corrected chi connectivity index (χ1v) is 11.6. The largest absolute Gasteiger partial charge is 0.355 e.